The van der Waals surface area contributed by atoms with Gasteiger partial charge in [-0.1, -0.05) is 0 Å². The molecule has 0 rings (SSSR count). The Kier molecular flexibility index (Phi) is 40.9. The number of rotatable bonds is 0. The van der Waals surface area contributed by atoms with Crippen LogP contribution in [0.4, 0.5) is 0 Å². The van der Waals surface area contributed by atoms with E-state index in [1.165, 1.54) is 0 Å². The maximum atomic E-state index is 8.54. The monoisotopic (exact) mass is 227 g/mol. The van der Waals surface area contributed by atoms with Gasteiger partial charge in [-0.25, -0.2) is 0 Å². The second-order valence-corrected chi connectivity index (χ2v) is 0.559. The van der Waals surface area contributed by atoms with Crippen molar-refractivity contribution in [2.24, 2.45) is 0 Å². The first kappa shape index (κ1) is 9.20. The Bertz CT molecular complexity index is 36.2. The van der Waals surface area contributed by atoms with Gasteiger partial charge in [0.05, 0.1) is 0 Å². The van der Waals surface area contributed by atoms with E-state index < -0.39 is 21.1 Å². The maximum absolute atomic E-state index is 8.54. The molecular formula is CoO3Sn. The molecule has 0 N–H and O–H groups in total. The van der Waals surface area contributed by atoms with Gasteiger partial charge in [-0.05, 0) is 0 Å². The first-order valence-corrected chi connectivity index (χ1v) is 3.30. The molecule has 31 valence electrons. The Hall–Kier alpha value is 0.705. The van der Waals surface area contributed by atoms with Gasteiger partial charge in [0.2, 0.25) is 0 Å². The fraction of sp³-hybridized carbons (Fsp3) is 0. The van der Waals surface area contributed by atoms with Crippen LogP contribution in [0.15, 0.2) is 0 Å². The number of hydrogen-bond acceptors (Lipinski definition) is 3. The molecular weight excluding hydrogens is 226 g/mol. The zero-order chi connectivity index (χ0) is 4.71. The van der Waals surface area contributed by atoms with E-state index in [2.05, 4.69) is 15.7 Å². The SMILES string of the molecule is [O]=[Co].[O]=[Sn]=[O]. The molecule has 0 saturated heterocycles. The first-order chi connectivity index (χ1) is 2.41. The number of hydrogen-bond donors (Lipinski definition) is 0. The standard InChI is InChI=1S/Co.3O.Sn. The van der Waals surface area contributed by atoms with Crippen LogP contribution in [0.2, 0.25) is 0 Å². The quantitative estimate of drug-likeness (QED) is 0.511. The predicted molar refractivity (Wildman–Crippen MR) is 7.81 cm³/mol. The Labute approximate surface area is 46.9 Å². The molecule has 0 fully saturated rings. The first-order valence-electron chi connectivity index (χ1n) is 0.544. The van der Waals surface area contributed by atoms with Gasteiger partial charge in [0, 0.05) is 0 Å². The van der Waals surface area contributed by atoms with Crippen LogP contribution in [0.5, 0.6) is 0 Å². The van der Waals surface area contributed by atoms with Crippen LogP contribution in [0, 0.1) is 0 Å². The van der Waals surface area contributed by atoms with E-state index in [0.29, 0.717) is 0 Å². The molecule has 0 aromatic heterocycles. The predicted octanol–water partition coefficient (Wildman–Crippen LogP) is -0.740. The summed E-state index contributed by atoms with van der Waals surface area (Å²) in [5, 5.41) is 0. The minimum atomic E-state index is -2.27. The van der Waals surface area contributed by atoms with E-state index in [0.717, 1.165) is 0 Å². The van der Waals surface area contributed by atoms with E-state index >= 15 is 0 Å². The summed E-state index contributed by atoms with van der Waals surface area (Å²) in [6.07, 6.45) is 0. The molecule has 0 aromatic carbocycles. The molecule has 0 aromatic rings. The molecule has 0 aliphatic heterocycles. The fourth-order valence-corrected chi connectivity index (χ4v) is 0. The van der Waals surface area contributed by atoms with Gasteiger partial charge in [0.25, 0.3) is 0 Å². The summed E-state index contributed by atoms with van der Waals surface area (Å²) in [6, 6.07) is 0. The molecule has 0 radical (unpaired) electrons. The Morgan fingerprint density at radius 3 is 1.20 bits per heavy atom. The Morgan fingerprint density at radius 2 is 1.20 bits per heavy atom. The third kappa shape index (κ3) is 69.2. The summed E-state index contributed by atoms with van der Waals surface area (Å²) in [5.41, 5.74) is 0. The molecule has 0 spiro atoms. The summed E-state index contributed by atoms with van der Waals surface area (Å²) >= 11 is 0.0425. The molecule has 5 heavy (non-hydrogen) atoms. The van der Waals surface area contributed by atoms with Crippen molar-refractivity contribution in [1.82, 2.24) is 0 Å². The molecule has 0 aliphatic carbocycles. The van der Waals surface area contributed by atoms with Crippen LogP contribution < -0.4 is 0 Å². The minimum absolute atomic E-state index is 2.27. The van der Waals surface area contributed by atoms with Gasteiger partial charge in [0.1, 0.15) is 0 Å². The van der Waals surface area contributed by atoms with Gasteiger partial charge in [-0.3, -0.25) is 0 Å². The van der Waals surface area contributed by atoms with Gasteiger partial charge in [-0.2, -0.15) is 0 Å². The molecule has 0 aliphatic rings. The summed E-state index contributed by atoms with van der Waals surface area (Å²) in [7, 11) is 0. The summed E-state index contributed by atoms with van der Waals surface area (Å²) < 4.78 is 25.0. The van der Waals surface area contributed by atoms with Crippen molar-refractivity contribution >= 4 is 21.1 Å². The van der Waals surface area contributed by atoms with Crippen molar-refractivity contribution in [3.05, 3.63) is 0 Å². The van der Waals surface area contributed by atoms with E-state index in [1.807, 2.05) is 0 Å². The van der Waals surface area contributed by atoms with E-state index in [1.54, 1.807) is 0 Å². The van der Waals surface area contributed by atoms with Crippen LogP contribution in [0.1, 0.15) is 0 Å². The second-order valence-electron chi connectivity index (χ2n) is 0.0833. The third-order valence-electron chi connectivity index (χ3n) is 0. The van der Waals surface area contributed by atoms with Crippen LogP contribution in [-0.2, 0) is 25.7 Å². The molecule has 3 nitrogen and oxygen atoms in total. The van der Waals surface area contributed by atoms with Crippen molar-refractivity contribution in [2.75, 3.05) is 0 Å². The average molecular weight is 226 g/mol. The second kappa shape index (κ2) is 22.2. The molecule has 0 atom stereocenters. The third-order valence-corrected chi connectivity index (χ3v) is 0. The molecule has 0 unspecified atom stereocenters. The van der Waals surface area contributed by atoms with Gasteiger partial charge < -0.3 is 0 Å². The van der Waals surface area contributed by atoms with Gasteiger partial charge in [0.15, 0.2) is 0 Å². The average Bonchev–Trinajstić information content (AvgIpc) is 1.46. The van der Waals surface area contributed by atoms with Crippen LogP contribution in [-0.4, -0.2) is 21.1 Å². The summed E-state index contributed by atoms with van der Waals surface area (Å²) in [5.74, 6) is 0. The normalized spacial score (nSPS) is 2.60. The Morgan fingerprint density at radius 1 is 1.20 bits per heavy atom. The molecule has 5 heteroatoms. The van der Waals surface area contributed by atoms with Crippen LogP contribution in [0.25, 0.3) is 0 Å². The zero-order valence-electron chi connectivity index (χ0n) is 2.06. The van der Waals surface area contributed by atoms with Crippen LogP contribution in [0.3, 0.4) is 0 Å². The molecule has 0 bridgehead atoms. The van der Waals surface area contributed by atoms with Crippen molar-refractivity contribution in [3.8, 4) is 0 Å². The van der Waals surface area contributed by atoms with E-state index in [4.69, 9.17) is 10.0 Å². The molecule has 0 saturated carbocycles. The van der Waals surface area contributed by atoms with E-state index in [9.17, 15) is 0 Å². The van der Waals surface area contributed by atoms with E-state index in [-0.39, 0.29) is 0 Å². The summed E-state index contributed by atoms with van der Waals surface area (Å²) in [4.78, 5) is 0. The van der Waals surface area contributed by atoms with Gasteiger partial charge >= 0.3 is 46.8 Å². The van der Waals surface area contributed by atoms with Gasteiger partial charge in [-0.15, -0.1) is 0 Å². The topological polar surface area (TPSA) is 51.2 Å². The van der Waals surface area contributed by atoms with Crippen molar-refractivity contribution in [3.63, 3.8) is 0 Å². The van der Waals surface area contributed by atoms with Crippen molar-refractivity contribution in [2.45, 2.75) is 0 Å². The van der Waals surface area contributed by atoms with Crippen LogP contribution >= 0.6 is 0 Å². The fourth-order valence-electron chi connectivity index (χ4n) is 0. The van der Waals surface area contributed by atoms with Crippen molar-refractivity contribution in [1.29, 1.82) is 0 Å². The summed E-state index contributed by atoms with van der Waals surface area (Å²) in [6.45, 7) is 0. The molecule has 0 heterocycles. The van der Waals surface area contributed by atoms with Crippen molar-refractivity contribution < 1.29 is 25.7 Å². The Balaban J connectivity index is 0. The zero-order valence-corrected chi connectivity index (χ0v) is 5.95. The molecule has 0 amide bonds.